The molecule has 0 radical (unpaired) electrons. The molecule has 2 aromatic carbocycles. The van der Waals surface area contributed by atoms with Crippen molar-refractivity contribution in [2.24, 2.45) is 5.92 Å². The summed E-state index contributed by atoms with van der Waals surface area (Å²) in [5.41, 5.74) is 5.03. The summed E-state index contributed by atoms with van der Waals surface area (Å²) in [7, 11) is 0. The first-order chi connectivity index (χ1) is 11.1. The highest BCUT2D eigenvalue weighted by atomic mass is 16.3. The van der Waals surface area contributed by atoms with E-state index >= 15 is 0 Å². The third-order valence-electron chi connectivity index (χ3n) is 4.69. The number of phenols is 2. The first-order valence-electron chi connectivity index (χ1n) is 8.44. The van der Waals surface area contributed by atoms with Gasteiger partial charge in [-0.3, -0.25) is 0 Å². The largest absolute Gasteiger partial charge is 0.508 e. The highest BCUT2D eigenvalue weighted by Gasteiger charge is 2.17. The second-order valence-corrected chi connectivity index (χ2v) is 6.63. The van der Waals surface area contributed by atoms with Crippen LogP contribution in [-0.4, -0.2) is 10.2 Å². The van der Waals surface area contributed by atoms with Crippen molar-refractivity contribution in [2.75, 3.05) is 0 Å². The lowest BCUT2D eigenvalue weighted by atomic mass is 9.88. The lowest BCUT2D eigenvalue weighted by molar-refractivity contribution is 0.475. The normalized spacial score (nSPS) is 18.5. The summed E-state index contributed by atoms with van der Waals surface area (Å²) >= 11 is 0. The molecule has 1 aliphatic rings. The molecule has 1 unspecified atom stereocenters. The van der Waals surface area contributed by atoms with Crippen LogP contribution in [0.1, 0.15) is 50.2 Å². The van der Waals surface area contributed by atoms with Gasteiger partial charge >= 0.3 is 0 Å². The third kappa shape index (κ3) is 3.76. The van der Waals surface area contributed by atoms with Crippen LogP contribution in [-0.2, 0) is 0 Å². The molecule has 0 aliphatic heterocycles. The van der Waals surface area contributed by atoms with Crippen molar-refractivity contribution in [3.63, 3.8) is 0 Å². The van der Waals surface area contributed by atoms with Crippen molar-refractivity contribution in [1.82, 2.24) is 0 Å². The summed E-state index contributed by atoms with van der Waals surface area (Å²) in [5.74, 6) is 1.29. The Morgan fingerprint density at radius 3 is 1.87 bits per heavy atom. The number of allylic oxidation sites excluding steroid dienone is 1. The predicted octanol–water partition coefficient (Wildman–Crippen LogP) is 5.50. The van der Waals surface area contributed by atoms with E-state index in [1.54, 1.807) is 24.3 Å². The average Bonchev–Trinajstić information content (AvgIpc) is 2.76. The number of benzene rings is 2. The SMILES string of the molecule is CC1CCCCC(=C(c2ccc(O)cc2)c2ccc(O)cc2)C1. The van der Waals surface area contributed by atoms with Gasteiger partial charge in [0.1, 0.15) is 11.5 Å². The fraction of sp³-hybridized carbons (Fsp3) is 0.333. The van der Waals surface area contributed by atoms with Gasteiger partial charge in [0, 0.05) is 0 Å². The van der Waals surface area contributed by atoms with E-state index in [2.05, 4.69) is 6.92 Å². The average molecular weight is 308 g/mol. The van der Waals surface area contributed by atoms with Gasteiger partial charge in [0.15, 0.2) is 0 Å². The quantitative estimate of drug-likeness (QED) is 0.719. The van der Waals surface area contributed by atoms with E-state index in [1.807, 2.05) is 24.3 Å². The predicted molar refractivity (Wildman–Crippen MR) is 94.5 cm³/mol. The second kappa shape index (κ2) is 6.91. The molecule has 2 aromatic rings. The van der Waals surface area contributed by atoms with E-state index in [1.165, 1.54) is 30.4 Å². The number of phenolic OH excluding ortho intramolecular Hbond substituents is 2. The number of hydrogen-bond donors (Lipinski definition) is 2. The molecule has 0 amide bonds. The molecular formula is C21H24O2. The highest BCUT2D eigenvalue weighted by molar-refractivity contribution is 5.82. The zero-order valence-electron chi connectivity index (χ0n) is 13.6. The molecule has 3 rings (SSSR count). The third-order valence-corrected chi connectivity index (χ3v) is 4.69. The van der Waals surface area contributed by atoms with Crippen LogP contribution in [0, 0.1) is 5.92 Å². The number of rotatable bonds is 2. The summed E-state index contributed by atoms with van der Waals surface area (Å²) < 4.78 is 0. The zero-order chi connectivity index (χ0) is 16.2. The van der Waals surface area contributed by atoms with Gasteiger partial charge in [-0.05, 0) is 66.1 Å². The fourth-order valence-corrected chi connectivity index (χ4v) is 3.51. The maximum atomic E-state index is 9.59. The lowest BCUT2D eigenvalue weighted by Gasteiger charge is -2.17. The number of aromatic hydroxyl groups is 2. The number of hydrogen-bond acceptors (Lipinski definition) is 2. The summed E-state index contributed by atoms with van der Waals surface area (Å²) in [5, 5.41) is 19.2. The summed E-state index contributed by atoms with van der Waals surface area (Å²) in [6.07, 6.45) is 6.07. The van der Waals surface area contributed by atoms with Gasteiger partial charge in [-0.2, -0.15) is 0 Å². The van der Waals surface area contributed by atoms with E-state index in [4.69, 9.17) is 0 Å². The van der Waals surface area contributed by atoms with Crippen molar-refractivity contribution < 1.29 is 10.2 Å². The van der Waals surface area contributed by atoms with E-state index in [9.17, 15) is 10.2 Å². The Hall–Kier alpha value is -2.22. The van der Waals surface area contributed by atoms with Gasteiger partial charge in [-0.1, -0.05) is 49.6 Å². The van der Waals surface area contributed by atoms with Gasteiger partial charge < -0.3 is 10.2 Å². The molecule has 120 valence electrons. The maximum Gasteiger partial charge on any atom is 0.115 e. The molecule has 1 fully saturated rings. The van der Waals surface area contributed by atoms with Crippen molar-refractivity contribution in [3.8, 4) is 11.5 Å². The van der Waals surface area contributed by atoms with Crippen molar-refractivity contribution in [3.05, 3.63) is 65.2 Å². The molecule has 2 heteroatoms. The maximum absolute atomic E-state index is 9.59. The van der Waals surface area contributed by atoms with Crippen LogP contribution in [0.4, 0.5) is 0 Å². The van der Waals surface area contributed by atoms with Gasteiger partial charge in [-0.15, -0.1) is 0 Å². The molecule has 1 atom stereocenters. The molecular weight excluding hydrogens is 284 g/mol. The minimum absolute atomic E-state index is 0.290. The molecule has 2 nitrogen and oxygen atoms in total. The summed E-state index contributed by atoms with van der Waals surface area (Å²) in [6.45, 7) is 2.33. The van der Waals surface area contributed by atoms with Crippen molar-refractivity contribution in [1.29, 1.82) is 0 Å². The summed E-state index contributed by atoms with van der Waals surface area (Å²) in [6, 6.07) is 14.9. The van der Waals surface area contributed by atoms with Gasteiger partial charge in [-0.25, -0.2) is 0 Å². The fourth-order valence-electron chi connectivity index (χ4n) is 3.51. The van der Waals surface area contributed by atoms with E-state index in [0.29, 0.717) is 5.92 Å². The first-order valence-corrected chi connectivity index (χ1v) is 8.44. The Bertz CT molecular complexity index is 633. The first kappa shape index (κ1) is 15.7. The van der Waals surface area contributed by atoms with Crippen LogP contribution >= 0.6 is 0 Å². The molecule has 0 spiro atoms. The highest BCUT2D eigenvalue weighted by Crippen LogP contribution is 2.37. The minimum atomic E-state index is 0.290. The van der Waals surface area contributed by atoms with Crippen molar-refractivity contribution in [2.45, 2.75) is 39.0 Å². The second-order valence-electron chi connectivity index (χ2n) is 6.63. The van der Waals surface area contributed by atoms with E-state index in [0.717, 1.165) is 24.0 Å². The van der Waals surface area contributed by atoms with Crippen LogP contribution in [0.2, 0.25) is 0 Å². The molecule has 0 aromatic heterocycles. The topological polar surface area (TPSA) is 40.5 Å². The standard InChI is InChI=1S/C21H24O2/c1-15-4-2-3-5-18(14-15)21(16-6-10-19(22)11-7-16)17-8-12-20(23)13-9-17/h6-13,15,22-23H,2-5,14H2,1H3. The van der Waals surface area contributed by atoms with Crippen LogP contribution < -0.4 is 0 Å². The van der Waals surface area contributed by atoms with E-state index < -0.39 is 0 Å². The van der Waals surface area contributed by atoms with Crippen molar-refractivity contribution >= 4 is 5.57 Å². The Morgan fingerprint density at radius 1 is 0.826 bits per heavy atom. The van der Waals surface area contributed by atoms with E-state index in [-0.39, 0.29) is 11.5 Å². The Balaban J connectivity index is 2.12. The Morgan fingerprint density at radius 2 is 1.35 bits per heavy atom. The molecule has 0 bridgehead atoms. The minimum Gasteiger partial charge on any atom is -0.508 e. The molecule has 2 N–H and O–H groups in total. The smallest absolute Gasteiger partial charge is 0.115 e. The van der Waals surface area contributed by atoms with Gasteiger partial charge in [0.25, 0.3) is 0 Å². The molecule has 1 saturated carbocycles. The Kier molecular flexibility index (Phi) is 4.71. The summed E-state index contributed by atoms with van der Waals surface area (Å²) in [4.78, 5) is 0. The molecule has 0 heterocycles. The van der Waals surface area contributed by atoms with Crippen LogP contribution in [0.5, 0.6) is 11.5 Å². The van der Waals surface area contributed by atoms with Gasteiger partial charge in [0.05, 0.1) is 0 Å². The monoisotopic (exact) mass is 308 g/mol. The Labute approximate surface area is 138 Å². The van der Waals surface area contributed by atoms with Gasteiger partial charge in [0.2, 0.25) is 0 Å². The van der Waals surface area contributed by atoms with Crippen LogP contribution in [0.25, 0.3) is 5.57 Å². The molecule has 0 saturated heterocycles. The zero-order valence-corrected chi connectivity index (χ0v) is 13.6. The molecule has 23 heavy (non-hydrogen) atoms. The van der Waals surface area contributed by atoms with Crippen LogP contribution in [0.3, 0.4) is 0 Å². The lowest BCUT2D eigenvalue weighted by Crippen LogP contribution is -1.98. The molecule has 1 aliphatic carbocycles. The van der Waals surface area contributed by atoms with Crippen LogP contribution in [0.15, 0.2) is 54.1 Å².